The molecule has 0 bridgehead atoms. The topological polar surface area (TPSA) is 37.1 Å². The average molecular weight is 946 g/mol. The SMILES string of the molecule is C(=NC1CC(N=Cc2ccccc2P(c2ccccc2)c2ccccc2)CC(N=Cc2ccccc2P(c2ccccc2)c2ccccc2)C1)c1ccccc1P(c1ccccc1)c1ccccc1. The molecule has 69 heavy (non-hydrogen) atoms. The van der Waals surface area contributed by atoms with Crippen LogP contribution in [0.3, 0.4) is 0 Å². The minimum Gasteiger partial charge on any atom is -0.289 e. The van der Waals surface area contributed by atoms with Gasteiger partial charge in [0.05, 0.1) is 18.1 Å². The summed E-state index contributed by atoms with van der Waals surface area (Å²) in [5.74, 6) is 0. The van der Waals surface area contributed by atoms with E-state index in [1.807, 2.05) is 0 Å². The predicted molar refractivity (Wildman–Crippen MR) is 303 cm³/mol. The Morgan fingerprint density at radius 2 is 0.435 bits per heavy atom. The van der Waals surface area contributed by atoms with E-state index < -0.39 is 23.8 Å². The molecule has 0 aromatic heterocycles. The second-order valence-electron chi connectivity index (χ2n) is 17.2. The Balaban J connectivity index is 1.00. The maximum absolute atomic E-state index is 5.49. The standard InChI is InChI=1S/C63H54N3P3/c1-7-28-55(29-8-1)67(56-30-9-2-10-31-56)61-40-22-19-25-49(61)46-64-52-43-53(65-47-50-26-20-23-41-62(50)68(57-32-11-3-12-33-57)58-34-13-4-14-35-58)45-54(44-52)66-48-51-27-21-24-42-63(51)69(59-36-15-5-16-37-59)60-38-17-6-18-39-60/h1-42,46-48,52-54H,43-45H2. The van der Waals surface area contributed by atoms with E-state index in [0.717, 1.165) is 36.0 Å². The summed E-state index contributed by atoms with van der Waals surface area (Å²) in [4.78, 5) is 16.5. The molecule has 1 aliphatic rings. The van der Waals surface area contributed by atoms with Gasteiger partial charge >= 0.3 is 0 Å². The first-order valence-electron chi connectivity index (χ1n) is 23.8. The van der Waals surface area contributed by atoms with Crippen LogP contribution in [0.2, 0.25) is 0 Å². The van der Waals surface area contributed by atoms with Crippen LogP contribution in [0, 0.1) is 0 Å². The molecular weight excluding hydrogens is 892 g/mol. The van der Waals surface area contributed by atoms with Gasteiger partial charge in [0.25, 0.3) is 0 Å². The van der Waals surface area contributed by atoms with Crippen LogP contribution >= 0.6 is 23.8 Å². The molecule has 6 heteroatoms. The fourth-order valence-corrected chi connectivity index (χ4v) is 16.6. The maximum atomic E-state index is 5.49. The third-order valence-electron chi connectivity index (χ3n) is 12.5. The fourth-order valence-electron chi connectivity index (χ4n) is 9.30. The van der Waals surface area contributed by atoms with Crippen molar-refractivity contribution >= 4 is 90.1 Å². The van der Waals surface area contributed by atoms with Gasteiger partial charge in [-0.1, -0.05) is 255 Å². The zero-order valence-electron chi connectivity index (χ0n) is 38.5. The molecule has 336 valence electrons. The lowest BCUT2D eigenvalue weighted by Crippen LogP contribution is -2.31. The summed E-state index contributed by atoms with van der Waals surface area (Å²) in [6, 6.07) is 92.3. The summed E-state index contributed by atoms with van der Waals surface area (Å²) in [5, 5.41) is 11.9. The smallest absolute Gasteiger partial charge is 0.0540 e. The van der Waals surface area contributed by atoms with Crippen LogP contribution in [0.25, 0.3) is 0 Å². The van der Waals surface area contributed by atoms with E-state index in [1.54, 1.807) is 0 Å². The van der Waals surface area contributed by atoms with Gasteiger partial charge in [-0.05, 0) is 90.8 Å². The van der Waals surface area contributed by atoms with Crippen molar-refractivity contribution in [1.29, 1.82) is 0 Å². The van der Waals surface area contributed by atoms with Gasteiger partial charge in [-0.3, -0.25) is 15.0 Å². The van der Waals surface area contributed by atoms with Crippen LogP contribution in [-0.4, -0.2) is 36.8 Å². The van der Waals surface area contributed by atoms with Crippen molar-refractivity contribution in [3.05, 3.63) is 271 Å². The van der Waals surface area contributed by atoms with Crippen molar-refractivity contribution in [2.24, 2.45) is 15.0 Å². The Morgan fingerprint density at radius 3 is 0.652 bits per heavy atom. The van der Waals surface area contributed by atoms with Crippen LogP contribution in [0.4, 0.5) is 0 Å². The summed E-state index contributed by atoms with van der Waals surface area (Å²) in [6.07, 6.45) is 9.01. The zero-order chi connectivity index (χ0) is 46.5. The molecule has 9 aromatic carbocycles. The molecule has 0 saturated heterocycles. The molecule has 10 rings (SSSR count). The highest BCUT2D eigenvalue weighted by Crippen LogP contribution is 2.37. The monoisotopic (exact) mass is 945 g/mol. The van der Waals surface area contributed by atoms with Crippen molar-refractivity contribution in [3.8, 4) is 0 Å². The van der Waals surface area contributed by atoms with Gasteiger partial charge < -0.3 is 0 Å². The number of benzene rings is 9. The summed E-state index contributed by atoms with van der Waals surface area (Å²) < 4.78 is 0. The van der Waals surface area contributed by atoms with E-state index in [9.17, 15) is 0 Å². The Morgan fingerprint density at radius 1 is 0.246 bits per heavy atom. The maximum Gasteiger partial charge on any atom is 0.0540 e. The van der Waals surface area contributed by atoms with E-state index in [0.29, 0.717) is 0 Å². The fraction of sp³-hybridized carbons (Fsp3) is 0.0952. The van der Waals surface area contributed by atoms with Crippen molar-refractivity contribution in [2.45, 2.75) is 37.4 Å². The molecule has 9 aromatic rings. The molecule has 3 nitrogen and oxygen atoms in total. The first kappa shape index (κ1) is 46.0. The first-order valence-corrected chi connectivity index (χ1v) is 27.8. The summed E-state index contributed by atoms with van der Waals surface area (Å²) in [6.45, 7) is 0. The normalized spacial score (nSPS) is 16.3. The molecule has 0 aliphatic heterocycles. The molecular formula is C63H54N3P3. The van der Waals surface area contributed by atoms with Gasteiger partial charge in [0.2, 0.25) is 0 Å². The molecule has 0 amide bonds. The van der Waals surface area contributed by atoms with Crippen molar-refractivity contribution in [1.82, 2.24) is 0 Å². The van der Waals surface area contributed by atoms with Gasteiger partial charge in [-0.15, -0.1) is 0 Å². The van der Waals surface area contributed by atoms with E-state index in [1.165, 1.54) is 47.7 Å². The lowest BCUT2D eigenvalue weighted by atomic mass is 9.88. The van der Waals surface area contributed by atoms with E-state index in [2.05, 4.69) is 273 Å². The Labute approximate surface area is 411 Å². The number of rotatable bonds is 15. The van der Waals surface area contributed by atoms with Gasteiger partial charge in [0.15, 0.2) is 0 Å². The molecule has 0 heterocycles. The summed E-state index contributed by atoms with van der Waals surface area (Å²) in [7, 11) is -2.39. The number of aliphatic imine (C=N–C) groups is 3. The molecule has 0 spiro atoms. The minimum atomic E-state index is -0.797. The van der Waals surface area contributed by atoms with Crippen LogP contribution in [0.1, 0.15) is 36.0 Å². The molecule has 0 unspecified atom stereocenters. The summed E-state index contributed by atoms with van der Waals surface area (Å²) in [5.41, 5.74) is 3.49. The number of hydrogen-bond acceptors (Lipinski definition) is 3. The van der Waals surface area contributed by atoms with E-state index in [4.69, 9.17) is 15.0 Å². The molecule has 0 radical (unpaired) electrons. The van der Waals surface area contributed by atoms with Gasteiger partial charge in [-0.2, -0.15) is 0 Å². The Bertz CT molecular complexity index is 2650. The quantitative estimate of drug-likeness (QED) is 0.0726. The van der Waals surface area contributed by atoms with Gasteiger partial charge in [-0.25, -0.2) is 0 Å². The largest absolute Gasteiger partial charge is 0.289 e. The molecule has 1 fully saturated rings. The number of hydrogen-bond donors (Lipinski definition) is 0. The lowest BCUT2D eigenvalue weighted by molar-refractivity contribution is 0.358. The van der Waals surface area contributed by atoms with Crippen LogP contribution in [0.15, 0.2) is 270 Å². The van der Waals surface area contributed by atoms with Crippen LogP contribution in [-0.2, 0) is 0 Å². The first-order chi connectivity index (χ1) is 34.2. The third kappa shape index (κ3) is 11.4. The highest BCUT2D eigenvalue weighted by molar-refractivity contribution is 7.80. The lowest BCUT2D eigenvalue weighted by Gasteiger charge is -2.29. The zero-order valence-corrected chi connectivity index (χ0v) is 41.2. The average Bonchev–Trinajstić information content (AvgIpc) is 3.42. The van der Waals surface area contributed by atoms with Crippen molar-refractivity contribution in [2.75, 3.05) is 0 Å². The molecule has 0 atom stereocenters. The second kappa shape index (κ2) is 23.1. The van der Waals surface area contributed by atoms with Gasteiger partial charge in [0, 0.05) is 35.3 Å². The molecule has 1 saturated carbocycles. The molecule has 0 N–H and O–H groups in total. The molecule has 1 aliphatic carbocycles. The summed E-state index contributed by atoms with van der Waals surface area (Å²) >= 11 is 0. The van der Waals surface area contributed by atoms with Crippen molar-refractivity contribution in [3.63, 3.8) is 0 Å². The Hall–Kier alpha value is -6.72. The highest BCUT2D eigenvalue weighted by atomic mass is 31.1. The third-order valence-corrected chi connectivity index (χ3v) is 20.1. The Kier molecular flexibility index (Phi) is 15.4. The van der Waals surface area contributed by atoms with Crippen molar-refractivity contribution < 1.29 is 0 Å². The van der Waals surface area contributed by atoms with Crippen LogP contribution in [0.5, 0.6) is 0 Å². The van der Waals surface area contributed by atoms with Gasteiger partial charge in [0.1, 0.15) is 0 Å². The van der Waals surface area contributed by atoms with E-state index in [-0.39, 0.29) is 18.1 Å². The van der Waals surface area contributed by atoms with E-state index >= 15 is 0 Å². The predicted octanol–water partition coefficient (Wildman–Crippen LogP) is 10.9. The highest BCUT2D eigenvalue weighted by Gasteiger charge is 2.29. The number of nitrogens with zero attached hydrogens (tertiary/aromatic N) is 3. The second-order valence-corrected chi connectivity index (χ2v) is 23.8. The minimum absolute atomic E-state index is 0.0396. The van der Waals surface area contributed by atoms with Crippen LogP contribution < -0.4 is 47.7 Å².